The van der Waals surface area contributed by atoms with Gasteiger partial charge in [-0.3, -0.25) is 0 Å². The maximum Gasteiger partial charge on any atom is 0.0991 e. The number of hydrogen-bond acceptors (Lipinski definition) is 3. The molecule has 0 N–H and O–H groups in total. The number of hydrogen-bond donors (Lipinski definition) is 0. The van der Waals surface area contributed by atoms with Gasteiger partial charge in [-0.1, -0.05) is 31.9 Å². The average molecular weight is 277 g/mol. The topological polar surface area (TPSA) is 23.8 Å². The first-order chi connectivity index (χ1) is 8.83. The third kappa shape index (κ3) is 3.70. The normalized spacial score (nSPS) is 23.6. The van der Waals surface area contributed by atoms with Gasteiger partial charge >= 0.3 is 0 Å². The first kappa shape index (κ1) is 13.8. The van der Waals surface area contributed by atoms with Gasteiger partial charge in [-0.15, -0.1) is 23.5 Å². The molecule has 1 aliphatic rings. The molecule has 1 saturated heterocycles. The Morgan fingerprint density at radius 2 is 1.89 bits per heavy atom. The largest absolute Gasteiger partial charge is 0.192 e. The fraction of sp³-hybridized carbons (Fsp3) is 0.533. The van der Waals surface area contributed by atoms with Gasteiger partial charge in [0.25, 0.3) is 0 Å². The third-order valence-corrected chi connectivity index (χ3v) is 6.54. The predicted octanol–water partition coefficient (Wildman–Crippen LogP) is 4.84. The number of nitriles is 1. The summed E-state index contributed by atoms with van der Waals surface area (Å²) in [7, 11) is 0. The average Bonchev–Trinajstić information content (AvgIpc) is 2.46. The SMILES string of the molecule is CCCCC1CSC(c2ccc(C#N)cc2)SC1. The molecule has 18 heavy (non-hydrogen) atoms. The van der Waals surface area contributed by atoms with Crippen LogP contribution in [0.15, 0.2) is 24.3 Å². The Balaban J connectivity index is 1.87. The van der Waals surface area contributed by atoms with Gasteiger partial charge in [0.05, 0.1) is 16.2 Å². The highest BCUT2D eigenvalue weighted by atomic mass is 32.2. The lowest BCUT2D eigenvalue weighted by Crippen LogP contribution is -2.14. The summed E-state index contributed by atoms with van der Waals surface area (Å²) in [6.07, 6.45) is 4.06. The maximum atomic E-state index is 8.80. The summed E-state index contributed by atoms with van der Waals surface area (Å²) in [5.41, 5.74) is 2.11. The van der Waals surface area contributed by atoms with Crippen LogP contribution >= 0.6 is 23.5 Å². The van der Waals surface area contributed by atoms with E-state index in [9.17, 15) is 0 Å². The Labute approximate surface area is 118 Å². The van der Waals surface area contributed by atoms with Crippen molar-refractivity contribution in [3.8, 4) is 6.07 Å². The molecule has 2 rings (SSSR count). The number of nitrogens with zero attached hydrogens (tertiary/aromatic N) is 1. The lowest BCUT2D eigenvalue weighted by atomic mass is 10.1. The van der Waals surface area contributed by atoms with Crippen LogP contribution in [0.3, 0.4) is 0 Å². The molecule has 0 amide bonds. The number of rotatable bonds is 4. The van der Waals surface area contributed by atoms with E-state index in [0.29, 0.717) is 4.58 Å². The minimum atomic E-state index is 0.565. The summed E-state index contributed by atoms with van der Waals surface area (Å²) in [5, 5.41) is 8.80. The highest BCUT2D eigenvalue weighted by Crippen LogP contribution is 2.46. The third-order valence-electron chi connectivity index (χ3n) is 3.24. The van der Waals surface area contributed by atoms with Crippen molar-refractivity contribution < 1.29 is 0 Å². The first-order valence-corrected chi connectivity index (χ1v) is 8.66. The van der Waals surface area contributed by atoms with E-state index in [1.807, 2.05) is 12.1 Å². The molecule has 1 aliphatic heterocycles. The van der Waals surface area contributed by atoms with Crippen LogP contribution in [0.1, 0.15) is 41.9 Å². The molecular formula is C15H19NS2. The fourth-order valence-electron chi connectivity index (χ4n) is 2.11. The van der Waals surface area contributed by atoms with E-state index in [1.54, 1.807) is 0 Å². The predicted molar refractivity (Wildman–Crippen MR) is 81.8 cm³/mol. The Morgan fingerprint density at radius 1 is 1.22 bits per heavy atom. The molecule has 1 aromatic rings. The Hall–Kier alpha value is -0.590. The van der Waals surface area contributed by atoms with E-state index in [4.69, 9.17) is 5.26 Å². The Bertz CT molecular complexity index is 399. The van der Waals surface area contributed by atoms with Crippen LogP contribution in [0, 0.1) is 17.2 Å². The zero-order chi connectivity index (χ0) is 12.8. The van der Waals surface area contributed by atoms with Crippen molar-refractivity contribution in [3.05, 3.63) is 35.4 Å². The summed E-state index contributed by atoms with van der Waals surface area (Å²) >= 11 is 4.14. The van der Waals surface area contributed by atoms with Crippen molar-refractivity contribution in [2.45, 2.75) is 30.8 Å². The molecule has 0 radical (unpaired) electrons. The van der Waals surface area contributed by atoms with Gasteiger partial charge in [-0.25, -0.2) is 0 Å². The Morgan fingerprint density at radius 3 is 2.44 bits per heavy atom. The zero-order valence-electron chi connectivity index (χ0n) is 10.8. The molecule has 0 saturated carbocycles. The van der Waals surface area contributed by atoms with Crippen molar-refractivity contribution in [2.75, 3.05) is 11.5 Å². The Kier molecular flexibility index (Phi) is 5.46. The number of unbranched alkanes of at least 4 members (excludes halogenated alkanes) is 1. The van der Waals surface area contributed by atoms with Gasteiger partial charge < -0.3 is 0 Å². The molecule has 0 bridgehead atoms. The number of benzene rings is 1. The second kappa shape index (κ2) is 7.11. The van der Waals surface area contributed by atoms with Crippen molar-refractivity contribution in [1.82, 2.24) is 0 Å². The second-order valence-electron chi connectivity index (χ2n) is 4.74. The second-order valence-corrected chi connectivity index (χ2v) is 7.32. The van der Waals surface area contributed by atoms with Gasteiger partial charge in [-0.2, -0.15) is 5.26 Å². The van der Waals surface area contributed by atoms with Gasteiger partial charge in [-0.05, 0) is 41.5 Å². The van der Waals surface area contributed by atoms with Crippen molar-refractivity contribution in [1.29, 1.82) is 5.26 Å². The van der Waals surface area contributed by atoms with Gasteiger partial charge in [0.1, 0.15) is 0 Å². The molecule has 0 atom stereocenters. The fourth-order valence-corrected chi connectivity index (χ4v) is 5.28. The molecule has 0 unspecified atom stereocenters. The molecular weight excluding hydrogens is 258 g/mol. The molecule has 1 nitrogen and oxygen atoms in total. The molecule has 1 heterocycles. The molecule has 96 valence electrons. The van der Waals surface area contributed by atoms with Gasteiger partial charge in [0.2, 0.25) is 0 Å². The van der Waals surface area contributed by atoms with Crippen LogP contribution in [0.2, 0.25) is 0 Å². The van der Waals surface area contributed by atoms with Crippen LogP contribution < -0.4 is 0 Å². The highest BCUT2D eigenvalue weighted by molar-refractivity contribution is 8.16. The monoisotopic (exact) mass is 277 g/mol. The minimum Gasteiger partial charge on any atom is -0.192 e. The smallest absolute Gasteiger partial charge is 0.0991 e. The molecule has 0 aliphatic carbocycles. The van der Waals surface area contributed by atoms with Gasteiger partial charge in [0, 0.05) is 0 Å². The summed E-state index contributed by atoms with van der Waals surface area (Å²) in [6, 6.07) is 10.2. The van der Waals surface area contributed by atoms with Crippen molar-refractivity contribution in [2.24, 2.45) is 5.92 Å². The minimum absolute atomic E-state index is 0.565. The van der Waals surface area contributed by atoms with E-state index < -0.39 is 0 Å². The number of thioether (sulfide) groups is 2. The maximum absolute atomic E-state index is 8.80. The van der Waals surface area contributed by atoms with E-state index in [0.717, 1.165) is 11.5 Å². The molecule has 1 aromatic carbocycles. The summed E-state index contributed by atoms with van der Waals surface area (Å²) in [4.78, 5) is 0. The molecule has 1 fully saturated rings. The summed E-state index contributed by atoms with van der Waals surface area (Å²) in [6.45, 7) is 2.27. The lowest BCUT2D eigenvalue weighted by Gasteiger charge is -2.28. The van der Waals surface area contributed by atoms with Crippen LogP contribution in [-0.2, 0) is 0 Å². The summed E-state index contributed by atoms with van der Waals surface area (Å²) < 4.78 is 0.565. The molecule has 3 heteroatoms. The van der Waals surface area contributed by atoms with Crippen LogP contribution in [-0.4, -0.2) is 11.5 Å². The zero-order valence-corrected chi connectivity index (χ0v) is 12.4. The molecule has 0 aromatic heterocycles. The van der Waals surface area contributed by atoms with Crippen molar-refractivity contribution in [3.63, 3.8) is 0 Å². The van der Waals surface area contributed by atoms with E-state index >= 15 is 0 Å². The highest BCUT2D eigenvalue weighted by Gasteiger charge is 2.22. The van der Waals surface area contributed by atoms with Crippen molar-refractivity contribution >= 4 is 23.5 Å². The van der Waals surface area contributed by atoms with Gasteiger partial charge in [0.15, 0.2) is 0 Å². The molecule has 0 spiro atoms. The van der Waals surface area contributed by atoms with E-state index in [-0.39, 0.29) is 0 Å². The van der Waals surface area contributed by atoms with E-state index in [1.165, 1.54) is 36.3 Å². The standard InChI is InChI=1S/C15H19NS2/c1-2-3-4-13-10-17-15(18-11-13)14-7-5-12(9-16)6-8-14/h5-8,13,15H,2-4,10-11H2,1H3. The first-order valence-electron chi connectivity index (χ1n) is 6.56. The lowest BCUT2D eigenvalue weighted by molar-refractivity contribution is 0.562. The van der Waals surface area contributed by atoms with Crippen LogP contribution in [0.25, 0.3) is 0 Å². The van der Waals surface area contributed by atoms with E-state index in [2.05, 4.69) is 48.6 Å². The van der Waals surface area contributed by atoms with Crippen LogP contribution in [0.4, 0.5) is 0 Å². The quantitative estimate of drug-likeness (QED) is 0.786. The van der Waals surface area contributed by atoms with Crippen LogP contribution in [0.5, 0.6) is 0 Å². The summed E-state index contributed by atoms with van der Waals surface area (Å²) in [5.74, 6) is 3.48.